The van der Waals surface area contributed by atoms with Gasteiger partial charge in [0.2, 0.25) is 9.84 Å². The lowest BCUT2D eigenvalue weighted by Crippen LogP contribution is -2.35. The van der Waals surface area contributed by atoms with Crippen molar-refractivity contribution in [2.75, 3.05) is 18.0 Å². The van der Waals surface area contributed by atoms with Gasteiger partial charge in [-0.25, -0.2) is 18.4 Å². The van der Waals surface area contributed by atoms with Gasteiger partial charge >= 0.3 is 0 Å². The number of nitrogens with zero attached hydrogens (tertiary/aromatic N) is 4. The molecule has 7 heteroatoms. The second kappa shape index (κ2) is 7.80. The van der Waals surface area contributed by atoms with E-state index >= 15 is 0 Å². The van der Waals surface area contributed by atoms with Crippen molar-refractivity contribution >= 4 is 26.7 Å². The molecule has 3 aromatic rings. The van der Waals surface area contributed by atoms with Crippen molar-refractivity contribution in [3.05, 3.63) is 60.3 Å². The zero-order valence-corrected chi connectivity index (χ0v) is 17.0. The van der Waals surface area contributed by atoms with E-state index in [9.17, 15) is 13.7 Å². The minimum Gasteiger partial charge on any atom is -0.355 e. The standard InChI is InChI=1S/C22H22N4O2S/c1-16-11-13-26(14-12-16)22-21(24-18-9-5-6-10-19(18)25-22)20(15-23)29(27,28)17-7-3-2-4-8-17/h2-10,16,20H,11-14H2,1H3/t20-/m0/s1. The van der Waals surface area contributed by atoms with E-state index in [0.29, 0.717) is 22.8 Å². The van der Waals surface area contributed by atoms with Crippen LogP contribution >= 0.6 is 0 Å². The Hall–Kier alpha value is -2.98. The summed E-state index contributed by atoms with van der Waals surface area (Å²) < 4.78 is 26.6. The van der Waals surface area contributed by atoms with E-state index in [0.717, 1.165) is 25.9 Å². The largest absolute Gasteiger partial charge is 0.355 e. The molecule has 1 atom stereocenters. The van der Waals surface area contributed by atoms with Crippen molar-refractivity contribution in [3.8, 4) is 6.07 Å². The quantitative estimate of drug-likeness (QED) is 0.653. The van der Waals surface area contributed by atoms with Gasteiger partial charge in [0.25, 0.3) is 0 Å². The van der Waals surface area contributed by atoms with Gasteiger partial charge in [-0.3, -0.25) is 0 Å². The number of fused-ring (bicyclic) bond motifs is 1. The number of benzene rings is 2. The van der Waals surface area contributed by atoms with Crippen LogP contribution in [0, 0.1) is 17.2 Å². The van der Waals surface area contributed by atoms with Gasteiger partial charge in [0.1, 0.15) is 5.69 Å². The van der Waals surface area contributed by atoms with E-state index in [2.05, 4.69) is 16.8 Å². The first-order valence-corrected chi connectivity index (χ1v) is 11.3. The van der Waals surface area contributed by atoms with Gasteiger partial charge in [0, 0.05) is 13.1 Å². The first kappa shape index (κ1) is 19.3. The summed E-state index contributed by atoms with van der Waals surface area (Å²) in [7, 11) is -3.94. The fourth-order valence-corrected chi connectivity index (χ4v) is 5.06. The predicted molar refractivity (Wildman–Crippen MR) is 112 cm³/mol. The maximum atomic E-state index is 13.3. The molecule has 1 aliphatic rings. The van der Waals surface area contributed by atoms with Crippen molar-refractivity contribution in [2.24, 2.45) is 5.92 Å². The highest BCUT2D eigenvalue weighted by Crippen LogP contribution is 2.35. The third-order valence-corrected chi connectivity index (χ3v) is 7.29. The van der Waals surface area contributed by atoms with Gasteiger partial charge in [-0.15, -0.1) is 0 Å². The number of sulfone groups is 1. The molecular weight excluding hydrogens is 384 g/mol. The topological polar surface area (TPSA) is 86.9 Å². The highest BCUT2D eigenvalue weighted by Gasteiger charge is 2.35. The highest BCUT2D eigenvalue weighted by molar-refractivity contribution is 7.92. The number of nitriles is 1. The zero-order valence-electron chi connectivity index (χ0n) is 16.2. The summed E-state index contributed by atoms with van der Waals surface area (Å²) in [5.74, 6) is 1.12. The molecule has 29 heavy (non-hydrogen) atoms. The Balaban J connectivity index is 1.88. The molecule has 0 aliphatic carbocycles. The molecule has 1 aromatic heterocycles. The lowest BCUT2D eigenvalue weighted by atomic mass is 9.99. The van der Waals surface area contributed by atoms with Crippen molar-refractivity contribution in [1.29, 1.82) is 5.26 Å². The van der Waals surface area contributed by atoms with Gasteiger partial charge in [-0.2, -0.15) is 5.26 Å². The monoisotopic (exact) mass is 406 g/mol. The number of piperidine rings is 1. The van der Waals surface area contributed by atoms with E-state index in [1.165, 1.54) is 12.1 Å². The van der Waals surface area contributed by atoms with Gasteiger partial charge < -0.3 is 4.90 Å². The number of rotatable bonds is 4. The van der Waals surface area contributed by atoms with Gasteiger partial charge in [-0.05, 0) is 43.0 Å². The summed E-state index contributed by atoms with van der Waals surface area (Å²) in [6.07, 6.45) is 1.99. The zero-order chi connectivity index (χ0) is 20.4. The molecule has 2 aromatic carbocycles. The number of anilines is 1. The predicted octanol–water partition coefficient (Wildman–Crippen LogP) is 3.90. The minimum absolute atomic E-state index is 0.111. The Morgan fingerprint density at radius 1 is 1.00 bits per heavy atom. The van der Waals surface area contributed by atoms with E-state index in [1.807, 2.05) is 24.3 Å². The second-order valence-corrected chi connectivity index (χ2v) is 9.49. The maximum absolute atomic E-state index is 13.3. The summed E-state index contributed by atoms with van der Waals surface area (Å²) in [4.78, 5) is 11.6. The van der Waals surface area contributed by atoms with Crippen LogP contribution in [-0.2, 0) is 9.84 Å². The van der Waals surface area contributed by atoms with Gasteiger partial charge in [-0.1, -0.05) is 37.3 Å². The molecule has 0 bridgehead atoms. The molecule has 4 rings (SSSR count). The molecule has 0 saturated carbocycles. The maximum Gasteiger partial charge on any atom is 0.200 e. The van der Waals surface area contributed by atoms with E-state index < -0.39 is 15.1 Å². The Morgan fingerprint density at radius 3 is 2.21 bits per heavy atom. The summed E-state index contributed by atoms with van der Waals surface area (Å²) >= 11 is 0. The summed E-state index contributed by atoms with van der Waals surface area (Å²) in [6.45, 7) is 3.75. The molecule has 1 saturated heterocycles. The van der Waals surface area contributed by atoms with Crippen LogP contribution in [-0.4, -0.2) is 31.5 Å². The van der Waals surface area contributed by atoms with Gasteiger partial charge in [0.05, 0.1) is 22.0 Å². The third kappa shape index (κ3) is 3.68. The average molecular weight is 407 g/mol. The van der Waals surface area contributed by atoms with Crippen LogP contribution in [0.25, 0.3) is 11.0 Å². The minimum atomic E-state index is -3.94. The molecule has 1 aliphatic heterocycles. The molecule has 1 fully saturated rings. The smallest absolute Gasteiger partial charge is 0.200 e. The Morgan fingerprint density at radius 2 is 1.59 bits per heavy atom. The van der Waals surface area contributed by atoms with E-state index in [4.69, 9.17) is 4.98 Å². The van der Waals surface area contributed by atoms with Crippen LogP contribution in [0.3, 0.4) is 0 Å². The SMILES string of the molecule is CC1CCN(c2nc3ccccc3nc2[C@H](C#N)S(=O)(=O)c2ccccc2)CC1. The second-order valence-electron chi connectivity index (χ2n) is 7.46. The lowest BCUT2D eigenvalue weighted by Gasteiger charge is -2.32. The first-order valence-electron chi connectivity index (χ1n) is 9.71. The molecule has 0 unspecified atom stereocenters. The van der Waals surface area contributed by atoms with Crippen LogP contribution in [0.15, 0.2) is 59.5 Å². The fourth-order valence-electron chi connectivity index (χ4n) is 3.66. The van der Waals surface area contributed by atoms with Crippen LogP contribution in [0.1, 0.15) is 30.7 Å². The first-order chi connectivity index (χ1) is 14.0. The summed E-state index contributed by atoms with van der Waals surface area (Å²) in [5.41, 5.74) is 1.49. The van der Waals surface area contributed by atoms with E-state index in [1.54, 1.807) is 24.3 Å². The van der Waals surface area contributed by atoms with Gasteiger partial charge in [0.15, 0.2) is 11.1 Å². The molecular formula is C22H22N4O2S. The Bertz CT molecular complexity index is 1160. The molecule has 6 nitrogen and oxygen atoms in total. The fraction of sp³-hybridized carbons (Fsp3) is 0.318. The van der Waals surface area contributed by atoms with Crippen LogP contribution in [0.4, 0.5) is 5.82 Å². The molecule has 2 heterocycles. The molecule has 0 amide bonds. The third-order valence-electron chi connectivity index (χ3n) is 5.41. The lowest BCUT2D eigenvalue weighted by molar-refractivity contribution is 0.436. The average Bonchev–Trinajstić information content (AvgIpc) is 2.75. The molecule has 0 radical (unpaired) electrons. The van der Waals surface area contributed by atoms with Crippen molar-refractivity contribution in [1.82, 2.24) is 9.97 Å². The van der Waals surface area contributed by atoms with E-state index in [-0.39, 0.29) is 10.6 Å². The van der Waals surface area contributed by atoms with Crippen LogP contribution in [0.2, 0.25) is 0 Å². The van der Waals surface area contributed by atoms with Crippen molar-refractivity contribution in [3.63, 3.8) is 0 Å². The molecule has 0 N–H and O–H groups in total. The molecule has 0 spiro atoms. The summed E-state index contributed by atoms with van der Waals surface area (Å²) in [6, 6.07) is 17.4. The summed E-state index contributed by atoms with van der Waals surface area (Å²) in [5, 5.41) is 8.48. The highest BCUT2D eigenvalue weighted by atomic mass is 32.2. The normalized spacial score (nSPS) is 16.5. The van der Waals surface area contributed by atoms with Crippen molar-refractivity contribution in [2.45, 2.75) is 29.9 Å². The number of para-hydroxylation sites is 2. The number of hydrogen-bond acceptors (Lipinski definition) is 6. The van der Waals surface area contributed by atoms with Crippen LogP contribution in [0.5, 0.6) is 0 Å². The Kier molecular flexibility index (Phi) is 5.20. The number of aromatic nitrogens is 2. The van der Waals surface area contributed by atoms with Crippen LogP contribution < -0.4 is 4.90 Å². The van der Waals surface area contributed by atoms with Crippen molar-refractivity contribution < 1.29 is 8.42 Å². The molecule has 148 valence electrons. The number of hydrogen-bond donors (Lipinski definition) is 0. The Labute approximate surface area is 170 Å².